The highest BCUT2D eigenvalue weighted by atomic mass is 31.2. The van der Waals surface area contributed by atoms with E-state index in [4.69, 9.17) is 37.0 Å². The molecule has 0 saturated carbocycles. The summed E-state index contributed by atoms with van der Waals surface area (Å²) in [5.41, 5.74) is 0. The molecule has 0 radical (unpaired) electrons. The van der Waals surface area contributed by atoms with Crippen molar-refractivity contribution >= 4 is 39.5 Å². The van der Waals surface area contributed by atoms with Crippen LogP contribution >= 0.6 is 15.6 Å². The van der Waals surface area contributed by atoms with Crippen LogP contribution in [0.1, 0.15) is 402 Å². The van der Waals surface area contributed by atoms with Gasteiger partial charge < -0.3 is 33.8 Å². The smallest absolute Gasteiger partial charge is 0.462 e. The second kappa shape index (κ2) is 68.5. The lowest BCUT2D eigenvalue weighted by atomic mass is 9.99. The summed E-state index contributed by atoms with van der Waals surface area (Å²) in [4.78, 5) is 73.0. The molecule has 0 aliphatic carbocycles. The fourth-order valence-electron chi connectivity index (χ4n) is 11.9. The number of hydrogen-bond acceptors (Lipinski definition) is 15. The Morgan fingerprint density at radius 2 is 0.526 bits per heavy atom. The normalized spacial score (nSPS) is 14.6. The van der Waals surface area contributed by atoms with Crippen molar-refractivity contribution in [3.05, 3.63) is 0 Å². The van der Waals surface area contributed by atoms with Crippen molar-refractivity contribution in [3.63, 3.8) is 0 Å². The molecule has 0 saturated heterocycles. The summed E-state index contributed by atoms with van der Waals surface area (Å²) in [6.45, 7) is 12.0. The molecule has 0 aliphatic heterocycles. The highest BCUT2D eigenvalue weighted by molar-refractivity contribution is 7.47. The lowest BCUT2D eigenvalue weighted by Crippen LogP contribution is -2.30. The molecule has 0 spiro atoms. The van der Waals surface area contributed by atoms with Gasteiger partial charge in [0.05, 0.1) is 26.4 Å². The summed E-state index contributed by atoms with van der Waals surface area (Å²) in [7, 11) is -9.92. The minimum Gasteiger partial charge on any atom is -0.462 e. The van der Waals surface area contributed by atoms with Gasteiger partial charge in [0.25, 0.3) is 0 Å². The molecule has 0 amide bonds. The Labute approximate surface area is 594 Å². The van der Waals surface area contributed by atoms with Crippen LogP contribution in [-0.2, 0) is 65.4 Å². The van der Waals surface area contributed by atoms with Crippen LogP contribution in [0.4, 0.5) is 0 Å². The predicted molar refractivity (Wildman–Crippen MR) is 395 cm³/mol. The molecule has 0 aromatic rings. The monoisotopic (exact) mass is 1420 g/mol. The molecule has 0 aromatic heterocycles. The van der Waals surface area contributed by atoms with Gasteiger partial charge in [0.2, 0.25) is 0 Å². The van der Waals surface area contributed by atoms with Gasteiger partial charge in [0.15, 0.2) is 12.2 Å². The molecular weight excluding hydrogens is 1270 g/mol. The van der Waals surface area contributed by atoms with Crippen molar-refractivity contribution in [1.82, 2.24) is 0 Å². The zero-order chi connectivity index (χ0) is 71.6. The van der Waals surface area contributed by atoms with Crippen molar-refractivity contribution in [2.45, 2.75) is 420 Å². The summed E-state index contributed by atoms with van der Waals surface area (Å²) in [5, 5.41) is 10.6. The van der Waals surface area contributed by atoms with Crippen LogP contribution in [0.15, 0.2) is 0 Å². The van der Waals surface area contributed by atoms with E-state index < -0.39 is 97.5 Å². The number of carbonyl (C=O) groups is 4. The standard InChI is InChI=1S/C78H152O17P2/c1-8-11-12-13-14-15-16-17-18-19-20-21-22-32-40-47-54-61-77(82)94-73(65-88-75(80)59-52-45-38-31-25-23-29-36-43-50-57-70(6)9-2)67-92-96(84,85)90-63-72(79)64-91-97(86,87)93-68-74(66-89-76(81)60-53-46-39-34-27-28-35-42-49-56-69(4)5)95-78(83)62-55-48-41-33-26-24-30-37-44-51-58-71(7)10-3/h69-74,79H,8-68H2,1-7H3,(H,84,85)(H,86,87)/t70?,71?,72-,73-,74-/m1/s1. The second-order valence-electron chi connectivity index (χ2n) is 29.1. The van der Waals surface area contributed by atoms with E-state index in [1.165, 1.54) is 212 Å². The fourth-order valence-corrected chi connectivity index (χ4v) is 13.5. The number of esters is 4. The van der Waals surface area contributed by atoms with Gasteiger partial charge in [-0.05, 0) is 43.4 Å². The molecule has 17 nitrogen and oxygen atoms in total. The summed E-state index contributed by atoms with van der Waals surface area (Å²) < 4.78 is 68.7. The SMILES string of the molecule is CCCCCCCCCCCCCCCCCCCC(=O)O[C@H](COC(=O)CCCCCCCCCCCCC(C)CC)COP(=O)(O)OC[C@@H](O)COP(=O)(O)OC[C@@H](COC(=O)CCCCCCCCCCCC(C)C)OC(=O)CCCCCCCCCCCCC(C)CC. The first-order valence-corrected chi connectivity index (χ1v) is 43.4. The molecule has 4 unspecified atom stereocenters. The average Bonchev–Trinajstić information content (AvgIpc) is 1.46. The maximum absolute atomic E-state index is 13.1. The summed E-state index contributed by atoms with van der Waals surface area (Å²) in [5.74, 6) is 0.242. The molecule has 19 heteroatoms. The number of aliphatic hydroxyl groups excluding tert-OH is 1. The van der Waals surface area contributed by atoms with E-state index in [0.717, 1.165) is 108 Å². The molecule has 0 aliphatic rings. The van der Waals surface area contributed by atoms with Crippen molar-refractivity contribution in [2.75, 3.05) is 39.6 Å². The fraction of sp³-hybridized carbons (Fsp3) is 0.949. The van der Waals surface area contributed by atoms with Gasteiger partial charge in [0, 0.05) is 25.7 Å². The third-order valence-corrected chi connectivity index (χ3v) is 20.8. The average molecular weight is 1420 g/mol. The van der Waals surface area contributed by atoms with E-state index in [1.807, 2.05) is 0 Å². The van der Waals surface area contributed by atoms with Crippen molar-refractivity contribution < 1.29 is 80.2 Å². The maximum atomic E-state index is 13.1. The van der Waals surface area contributed by atoms with Crippen molar-refractivity contribution in [2.24, 2.45) is 17.8 Å². The zero-order valence-corrected chi connectivity index (χ0v) is 65.3. The third kappa shape index (κ3) is 69.5. The number of hydrogen-bond donors (Lipinski definition) is 3. The Bertz CT molecular complexity index is 1890. The van der Waals surface area contributed by atoms with Crippen molar-refractivity contribution in [1.29, 1.82) is 0 Å². The van der Waals surface area contributed by atoms with Crippen LogP contribution < -0.4 is 0 Å². The number of carbonyl (C=O) groups excluding carboxylic acids is 4. The molecule has 0 rings (SSSR count). The molecule has 0 aromatic carbocycles. The number of rotatable bonds is 76. The van der Waals surface area contributed by atoms with Crippen LogP contribution in [0.3, 0.4) is 0 Å². The van der Waals surface area contributed by atoms with Gasteiger partial charge in [-0.3, -0.25) is 37.3 Å². The number of unbranched alkanes of at least 4 members (excludes halogenated alkanes) is 42. The molecule has 97 heavy (non-hydrogen) atoms. The molecule has 0 heterocycles. The summed E-state index contributed by atoms with van der Waals surface area (Å²) in [6, 6.07) is 0. The third-order valence-electron chi connectivity index (χ3n) is 18.9. The van der Waals surface area contributed by atoms with Crippen LogP contribution in [0.25, 0.3) is 0 Å². The van der Waals surface area contributed by atoms with Gasteiger partial charge in [-0.25, -0.2) is 9.13 Å². The Morgan fingerprint density at radius 3 is 0.784 bits per heavy atom. The molecular formula is C78H152O17P2. The molecule has 7 atom stereocenters. The Morgan fingerprint density at radius 1 is 0.299 bits per heavy atom. The van der Waals surface area contributed by atoms with Crippen LogP contribution in [0, 0.1) is 17.8 Å². The number of ether oxygens (including phenoxy) is 4. The van der Waals surface area contributed by atoms with Crippen LogP contribution in [0.2, 0.25) is 0 Å². The highest BCUT2D eigenvalue weighted by Crippen LogP contribution is 2.45. The molecule has 576 valence electrons. The van der Waals surface area contributed by atoms with Gasteiger partial charge >= 0.3 is 39.5 Å². The van der Waals surface area contributed by atoms with Gasteiger partial charge in [-0.1, -0.05) is 350 Å². The van der Waals surface area contributed by atoms with Gasteiger partial charge in [-0.15, -0.1) is 0 Å². The van der Waals surface area contributed by atoms with Crippen LogP contribution in [0.5, 0.6) is 0 Å². The summed E-state index contributed by atoms with van der Waals surface area (Å²) >= 11 is 0. The first-order valence-electron chi connectivity index (χ1n) is 40.4. The molecule has 0 bridgehead atoms. The first-order chi connectivity index (χ1) is 46.8. The number of phosphoric ester groups is 2. The Balaban J connectivity index is 5.28. The van der Waals surface area contributed by atoms with Crippen LogP contribution in [-0.4, -0.2) is 96.7 Å². The Hall–Kier alpha value is -1.94. The first kappa shape index (κ1) is 95.1. The summed E-state index contributed by atoms with van der Waals surface area (Å²) in [6.07, 6.45) is 55.3. The van der Waals surface area contributed by atoms with E-state index in [-0.39, 0.29) is 25.7 Å². The largest absolute Gasteiger partial charge is 0.472 e. The lowest BCUT2D eigenvalue weighted by molar-refractivity contribution is -0.161. The maximum Gasteiger partial charge on any atom is 0.472 e. The van der Waals surface area contributed by atoms with E-state index in [0.29, 0.717) is 25.7 Å². The number of aliphatic hydroxyl groups is 1. The lowest BCUT2D eigenvalue weighted by Gasteiger charge is -2.21. The molecule has 0 fully saturated rings. The topological polar surface area (TPSA) is 237 Å². The Kier molecular flexibility index (Phi) is 67.1. The van der Waals surface area contributed by atoms with E-state index >= 15 is 0 Å². The number of phosphoric acid groups is 2. The minimum atomic E-state index is -4.96. The van der Waals surface area contributed by atoms with Gasteiger partial charge in [-0.2, -0.15) is 0 Å². The molecule has 3 N–H and O–H groups in total. The zero-order valence-electron chi connectivity index (χ0n) is 63.5. The van der Waals surface area contributed by atoms with Crippen molar-refractivity contribution in [3.8, 4) is 0 Å². The van der Waals surface area contributed by atoms with E-state index in [1.54, 1.807) is 0 Å². The second-order valence-corrected chi connectivity index (χ2v) is 32.0. The van der Waals surface area contributed by atoms with E-state index in [9.17, 15) is 43.2 Å². The minimum absolute atomic E-state index is 0.106. The predicted octanol–water partition coefficient (Wildman–Crippen LogP) is 23.0. The van der Waals surface area contributed by atoms with Gasteiger partial charge in [0.1, 0.15) is 19.3 Å². The highest BCUT2D eigenvalue weighted by Gasteiger charge is 2.30. The van der Waals surface area contributed by atoms with E-state index in [2.05, 4.69) is 48.5 Å². The quantitative estimate of drug-likeness (QED) is 0.0222.